The molecule has 25 heavy (non-hydrogen) atoms. The van der Waals surface area contributed by atoms with Crippen LogP contribution in [0.1, 0.15) is 28.9 Å². The molecule has 3 aromatic rings. The Bertz CT molecular complexity index is 889. The van der Waals surface area contributed by atoms with Gasteiger partial charge in [-0.3, -0.25) is 14.9 Å². The van der Waals surface area contributed by atoms with Gasteiger partial charge in [0, 0.05) is 24.1 Å². The number of nitro groups is 1. The molecule has 7 nitrogen and oxygen atoms in total. The Labute approximate surface area is 144 Å². The molecule has 0 fully saturated rings. The molecule has 1 aromatic heterocycles. The third-order valence-electron chi connectivity index (χ3n) is 3.89. The lowest BCUT2D eigenvalue weighted by atomic mass is 10.1. The van der Waals surface area contributed by atoms with Crippen LogP contribution in [-0.2, 0) is 0 Å². The third-order valence-corrected chi connectivity index (χ3v) is 3.89. The predicted octanol–water partition coefficient (Wildman–Crippen LogP) is 3.27. The maximum absolute atomic E-state index is 12.4. The quantitative estimate of drug-likeness (QED) is 0.572. The Morgan fingerprint density at radius 2 is 1.92 bits per heavy atom. The Morgan fingerprint density at radius 3 is 2.56 bits per heavy atom. The normalized spacial score (nSPS) is 11.7. The van der Waals surface area contributed by atoms with E-state index < -0.39 is 10.8 Å². The van der Waals surface area contributed by atoms with Crippen molar-refractivity contribution in [1.82, 2.24) is 14.9 Å². The van der Waals surface area contributed by atoms with Gasteiger partial charge in [0.2, 0.25) is 0 Å². The summed E-state index contributed by atoms with van der Waals surface area (Å²) in [6.07, 6.45) is 5.24. The van der Waals surface area contributed by atoms with E-state index in [4.69, 9.17) is 0 Å². The van der Waals surface area contributed by atoms with Gasteiger partial charge < -0.3 is 9.88 Å². The SMILES string of the molecule is C[C@@H](NC(=O)c1ccccc1[N+](=O)[O-])c1ccc(-n2ccnc2)cc1. The van der Waals surface area contributed by atoms with Gasteiger partial charge in [-0.05, 0) is 30.7 Å². The molecule has 0 spiro atoms. The highest BCUT2D eigenvalue weighted by atomic mass is 16.6. The van der Waals surface area contributed by atoms with Crippen molar-refractivity contribution in [3.8, 4) is 5.69 Å². The van der Waals surface area contributed by atoms with Crippen molar-refractivity contribution >= 4 is 11.6 Å². The molecule has 0 aliphatic heterocycles. The first-order valence-corrected chi connectivity index (χ1v) is 7.69. The third kappa shape index (κ3) is 3.55. The van der Waals surface area contributed by atoms with Crippen molar-refractivity contribution in [2.45, 2.75) is 13.0 Å². The summed E-state index contributed by atoms with van der Waals surface area (Å²) in [4.78, 5) is 26.9. The number of hydrogen-bond donors (Lipinski definition) is 1. The largest absolute Gasteiger partial charge is 0.345 e. The van der Waals surface area contributed by atoms with Gasteiger partial charge in [-0.1, -0.05) is 24.3 Å². The standard InChI is InChI=1S/C18H16N4O3/c1-13(14-6-8-15(9-7-14)21-11-10-19-12-21)20-18(23)16-4-2-3-5-17(16)22(24)25/h2-13H,1H3,(H,20,23)/t13-/m1/s1. The second kappa shape index (κ2) is 6.96. The molecule has 0 bridgehead atoms. The number of amides is 1. The van der Waals surface area contributed by atoms with E-state index in [2.05, 4.69) is 10.3 Å². The highest BCUT2D eigenvalue weighted by molar-refractivity contribution is 5.98. The number of hydrogen-bond acceptors (Lipinski definition) is 4. The highest BCUT2D eigenvalue weighted by Crippen LogP contribution is 2.20. The fourth-order valence-corrected chi connectivity index (χ4v) is 2.53. The van der Waals surface area contributed by atoms with E-state index in [1.54, 1.807) is 18.6 Å². The van der Waals surface area contributed by atoms with Crippen LogP contribution in [0.2, 0.25) is 0 Å². The van der Waals surface area contributed by atoms with Crippen LogP contribution in [0.25, 0.3) is 5.69 Å². The summed E-state index contributed by atoms with van der Waals surface area (Å²) in [5.41, 5.74) is 1.70. The number of nitro benzene ring substituents is 1. The fraction of sp³-hybridized carbons (Fsp3) is 0.111. The van der Waals surface area contributed by atoms with Crippen molar-refractivity contribution < 1.29 is 9.72 Å². The van der Waals surface area contributed by atoms with E-state index in [0.717, 1.165) is 11.3 Å². The Morgan fingerprint density at radius 1 is 1.20 bits per heavy atom. The van der Waals surface area contributed by atoms with Crippen LogP contribution in [-0.4, -0.2) is 20.4 Å². The van der Waals surface area contributed by atoms with E-state index in [1.165, 1.54) is 18.2 Å². The summed E-state index contributed by atoms with van der Waals surface area (Å²) in [5.74, 6) is -0.474. The van der Waals surface area contributed by atoms with Gasteiger partial charge in [0.05, 0.1) is 17.3 Å². The predicted molar refractivity (Wildman–Crippen MR) is 92.5 cm³/mol. The number of nitrogens with zero attached hydrogens (tertiary/aromatic N) is 3. The summed E-state index contributed by atoms with van der Waals surface area (Å²) < 4.78 is 1.88. The first-order valence-electron chi connectivity index (χ1n) is 7.69. The van der Waals surface area contributed by atoms with E-state index in [-0.39, 0.29) is 17.3 Å². The zero-order valence-electron chi connectivity index (χ0n) is 13.5. The molecule has 3 rings (SSSR count). The van der Waals surface area contributed by atoms with E-state index in [0.29, 0.717) is 0 Å². The Balaban J connectivity index is 1.75. The summed E-state index contributed by atoms with van der Waals surface area (Å²) >= 11 is 0. The van der Waals surface area contributed by atoms with Crippen molar-refractivity contribution in [2.24, 2.45) is 0 Å². The number of aromatic nitrogens is 2. The average molecular weight is 336 g/mol. The maximum Gasteiger partial charge on any atom is 0.282 e. The lowest BCUT2D eigenvalue weighted by molar-refractivity contribution is -0.385. The van der Waals surface area contributed by atoms with Gasteiger partial charge in [0.1, 0.15) is 5.56 Å². The van der Waals surface area contributed by atoms with Crippen LogP contribution in [0.5, 0.6) is 0 Å². The van der Waals surface area contributed by atoms with Crippen LogP contribution in [0.15, 0.2) is 67.3 Å². The van der Waals surface area contributed by atoms with Crippen LogP contribution in [0.3, 0.4) is 0 Å². The number of imidazole rings is 1. The molecule has 0 aliphatic rings. The van der Waals surface area contributed by atoms with Crippen molar-refractivity contribution in [3.05, 3.63) is 88.5 Å². The van der Waals surface area contributed by atoms with Crippen molar-refractivity contribution in [2.75, 3.05) is 0 Å². The molecular formula is C18H16N4O3. The molecule has 1 atom stereocenters. The number of para-hydroxylation sites is 1. The van der Waals surface area contributed by atoms with Gasteiger partial charge in [0.25, 0.3) is 11.6 Å². The lowest BCUT2D eigenvalue weighted by Crippen LogP contribution is -2.27. The smallest absolute Gasteiger partial charge is 0.282 e. The first kappa shape index (κ1) is 16.4. The topological polar surface area (TPSA) is 90.1 Å². The minimum absolute atomic E-state index is 0.0504. The molecule has 0 aliphatic carbocycles. The maximum atomic E-state index is 12.4. The van der Waals surface area contributed by atoms with E-state index in [1.807, 2.05) is 42.0 Å². The molecule has 0 radical (unpaired) electrons. The zero-order chi connectivity index (χ0) is 17.8. The van der Waals surface area contributed by atoms with Crippen LogP contribution >= 0.6 is 0 Å². The van der Waals surface area contributed by atoms with Crippen LogP contribution < -0.4 is 5.32 Å². The molecular weight excluding hydrogens is 320 g/mol. The van der Waals surface area contributed by atoms with Crippen LogP contribution in [0, 0.1) is 10.1 Å². The summed E-state index contributed by atoms with van der Waals surface area (Å²) in [7, 11) is 0. The Kier molecular flexibility index (Phi) is 4.56. The number of carbonyl (C=O) groups excluding carboxylic acids is 1. The molecule has 2 aromatic carbocycles. The van der Waals surface area contributed by atoms with Gasteiger partial charge in [-0.15, -0.1) is 0 Å². The average Bonchev–Trinajstić information content (AvgIpc) is 3.16. The molecule has 0 unspecified atom stereocenters. The van der Waals surface area contributed by atoms with E-state index in [9.17, 15) is 14.9 Å². The molecule has 0 saturated heterocycles. The van der Waals surface area contributed by atoms with Gasteiger partial charge in [-0.25, -0.2) is 4.98 Å². The fourth-order valence-electron chi connectivity index (χ4n) is 2.53. The second-order valence-corrected chi connectivity index (χ2v) is 5.53. The minimum Gasteiger partial charge on any atom is -0.345 e. The first-order chi connectivity index (χ1) is 12.1. The highest BCUT2D eigenvalue weighted by Gasteiger charge is 2.20. The number of carbonyl (C=O) groups is 1. The molecule has 1 N–H and O–H groups in total. The summed E-state index contributed by atoms with van der Waals surface area (Å²) in [6, 6.07) is 13.3. The Hall–Kier alpha value is -3.48. The molecule has 1 heterocycles. The van der Waals surface area contributed by atoms with Gasteiger partial charge >= 0.3 is 0 Å². The monoisotopic (exact) mass is 336 g/mol. The van der Waals surface area contributed by atoms with Gasteiger partial charge in [0.15, 0.2) is 0 Å². The second-order valence-electron chi connectivity index (χ2n) is 5.53. The molecule has 1 amide bonds. The van der Waals surface area contributed by atoms with Crippen molar-refractivity contribution in [1.29, 1.82) is 0 Å². The zero-order valence-corrected chi connectivity index (χ0v) is 13.5. The van der Waals surface area contributed by atoms with Crippen molar-refractivity contribution in [3.63, 3.8) is 0 Å². The molecule has 0 saturated carbocycles. The van der Waals surface area contributed by atoms with Crippen LogP contribution in [0.4, 0.5) is 5.69 Å². The molecule has 126 valence electrons. The van der Waals surface area contributed by atoms with Gasteiger partial charge in [-0.2, -0.15) is 0 Å². The molecule has 7 heteroatoms. The minimum atomic E-state index is -0.556. The number of nitrogens with one attached hydrogen (secondary N) is 1. The lowest BCUT2D eigenvalue weighted by Gasteiger charge is -2.15. The van der Waals surface area contributed by atoms with E-state index >= 15 is 0 Å². The number of rotatable bonds is 5. The summed E-state index contributed by atoms with van der Waals surface area (Å²) in [5, 5.41) is 13.8. The number of benzene rings is 2. The summed E-state index contributed by atoms with van der Waals surface area (Å²) in [6.45, 7) is 1.83.